The zero-order valence-corrected chi connectivity index (χ0v) is 13.3. The van der Waals surface area contributed by atoms with Crippen molar-refractivity contribution in [3.8, 4) is 0 Å². The number of rotatable bonds is 1. The Balaban J connectivity index is 1.92. The molecule has 3 atom stereocenters. The lowest BCUT2D eigenvalue weighted by molar-refractivity contribution is 0.154. The standard InChI is InChI=1S/C19H26N2/c1-19(2,3)15-8-9-17(20)16(12-15)14-7-6-13-5-4-10-21-18(13)11-14/h4-7,10-11,15-17H,8-9,12,20H2,1-3H3. The Morgan fingerprint density at radius 2 is 1.95 bits per heavy atom. The van der Waals surface area contributed by atoms with Crippen LogP contribution < -0.4 is 5.73 Å². The number of hydrogen-bond acceptors (Lipinski definition) is 2. The highest BCUT2D eigenvalue weighted by Crippen LogP contribution is 2.43. The molecule has 1 fully saturated rings. The van der Waals surface area contributed by atoms with Gasteiger partial charge in [-0.05, 0) is 54.2 Å². The second-order valence-corrected chi connectivity index (χ2v) is 7.60. The Morgan fingerprint density at radius 1 is 1.14 bits per heavy atom. The molecule has 2 heteroatoms. The van der Waals surface area contributed by atoms with Crippen molar-refractivity contribution < 1.29 is 0 Å². The molecule has 1 saturated carbocycles. The minimum atomic E-state index is 0.282. The summed E-state index contributed by atoms with van der Waals surface area (Å²) in [7, 11) is 0. The van der Waals surface area contributed by atoms with Gasteiger partial charge in [-0.2, -0.15) is 0 Å². The van der Waals surface area contributed by atoms with Crippen molar-refractivity contribution in [2.75, 3.05) is 0 Å². The SMILES string of the molecule is CC(C)(C)C1CCC(N)C(c2ccc3cccnc3c2)C1. The molecule has 0 radical (unpaired) electrons. The van der Waals surface area contributed by atoms with Gasteiger partial charge in [-0.25, -0.2) is 0 Å². The van der Waals surface area contributed by atoms with Gasteiger partial charge in [0, 0.05) is 17.6 Å². The van der Waals surface area contributed by atoms with E-state index in [-0.39, 0.29) is 6.04 Å². The van der Waals surface area contributed by atoms with Crippen LogP contribution in [-0.4, -0.2) is 11.0 Å². The highest BCUT2D eigenvalue weighted by Gasteiger charge is 2.35. The van der Waals surface area contributed by atoms with Crippen molar-refractivity contribution in [2.24, 2.45) is 17.1 Å². The van der Waals surface area contributed by atoms with Crippen molar-refractivity contribution in [1.82, 2.24) is 4.98 Å². The second kappa shape index (κ2) is 5.42. The Kier molecular flexibility index (Phi) is 3.75. The van der Waals surface area contributed by atoms with Gasteiger partial charge in [0.15, 0.2) is 0 Å². The molecule has 2 nitrogen and oxygen atoms in total. The molecule has 2 N–H and O–H groups in total. The van der Waals surface area contributed by atoms with Crippen LogP contribution in [0.4, 0.5) is 0 Å². The Morgan fingerprint density at radius 3 is 2.71 bits per heavy atom. The van der Waals surface area contributed by atoms with Gasteiger partial charge in [-0.1, -0.05) is 39.0 Å². The summed E-state index contributed by atoms with van der Waals surface area (Å²) in [6.07, 6.45) is 5.45. The summed E-state index contributed by atoms with van der Waals surface area (Å²) in [6, 6.07) is 11.1. The number of fused-ring (bicyclic) bond motifs is 1. The number of hydrogen-bond donors (Lipinski definition) is 1. The van der Waals surface area contributed by atoms with Crippen LogP contribution in [0.1, 0.15) is 51.5 Å². The molecule has 1 aliphatic rings. The first-order valence-corrected chi connectivity index (χ1v) is 8.05. The molecular formula is C19H26N2. The molecule has 0 saturated heterocycles. The highest BCUT2D eigenvalue weighted by atomic mass is 14.7. The average molecular weight is 282 g/mol. The van der Waals surface area contributed by atoms with Crippen LogP contribution in [0, 0.1) is 11.3 Å². The highest BCUT2D eigenvalue weighted by molar-refractivity contribution is 5.79. The van der Waals surface area contributed by atoms with Crippen LogP contribution in [0.3, 0.4) is 0 Å². The predicted molar refractivity (Wildman–Crippen MR) is 89.3 cm³/mol. The predicted octanol–water partition coefficient (Wildman–Crippen LogP) is 4.49. The normalized spacial score (nSPS) is 27.0. The lowest BCUT2D eigenvalue weighted by atomic mass is 9.66. The molecule has 3 unspecified atom stereocenters. The minimum absolute atomic E-state index is 0.282. The van der Waals surface area contributed by atoms with E-state index in [9.17, 15) is 0 Å². The molecule has 0 aliphatic heterocycles. The lowest BCUT2D eigenvalue weighted by Crippen LogP contribution is -2.38. The Labute approximate surface area is 127 Å². The largest absolute Gasteiger partial charge is 0.327 e. The van der Waals surface area contributed by atoms with E-state index in [0.29, 0.717) is 11.3 Å². The van der Waals surface area contributed by atoms with Gasteiger partial charge < -0.3 is 5.73 Å². The number of nitrogens with zero attached hydrogens (tertiary/aromatic N) is 1. The van der Waals surface area contributed by atoms with Gasteiger partial charge in [0.25, 0.3) is 0 Å². The molecule has 1 aliphatic carbocycles. The summed E-state index contributed by atoms with van der Waals surface area (Å²) in [5, 5.41) is 1.21. The number of aromatic nitrogens is 1. The maximum atomic E-state index is 6.44. The zero-order chi connectivity index (χ0) is 15.0. The number of pyridine rings is 1. The molecular weight excluding hydrogens is 256 g/mol. The molecule has 1 aromatic heterocycles. The molecule has 112 valence electrons. The summed E-state index contributed by atoms with van der Waals surface area (Å²) in [5.74, 6) is 1.22. The summed E-state index contributed by atoms with van der Waals surface area (Å²) < 4.78 is 0. The fourth-order valence-corrected chi connectivity index (χ4v) is 3.68. The Bertz CT molecular complexity index is 627. The monoisotopic (exact) mass is 282 g/mol. The summed E-state index contributed by atoms with van der Waals surface area (Å²) >= 11 is 0. The van der Waals surface area contributed by atoms with Crippen LogP contribution in [0.15, 0.2) is 36.5 Å². The van der Waals surface area contributed by atoms with Crippen molar-refractivity contribution in [3.05, 3.63) is 42.1 Å². The van der Waals surface area contributed by atoms with Gasteiger partial charge in [0.2, 0.25) is 0 Å². The van der Waals surface area contributed by atoms with E-state index in [2.05, 4.69) is 50.0 Å². The summed E-state index contributed by atoms with van der Waals surface area (Å²) in [6.45, 7) is 7.06. The topological polar surface area (TPSA) is 38.9 Å². The second-order valence-electron chi connectivity index (χ2n) is 7.60. The van der Waals surface area contributed by atoms with E-state index in [0.717, 1.165) is 17.9 Å². The van der Waals surface area contributed by atoms with E-state index in [4.69, 9.17) is 5.73 Å². The maximum absolute atomic E-state index is 6.44. The quantitative estimate of drug-likeness (QED) is 0.837. The molecule has 2 aromatic rings. The molecule has 0 amide bonds. The molecule has 3 rings (SSSR count). The van der Waals surface area contributed by atoms with Crippen LogP contribution in [0.25, 0.3) is 10.9 Å². The molecule has 1 aromatic carbocycles. The van der Waals surface area contributed by atoms with Crippen molar-refractivity contribution in [1.29, 1.82) is 0 Å². The van der Waals surface area contributed by atoms with Gasteiger partial charge in [0.1, 0.15) is 0 Å². The summed E-state index contributed by atoms with van der Waals surface area (Å²) in [5.41, 5.74) is 9.26. The maximum Gasteiger partial charge on any atom is 0.0704 e. The Hall–Kier alpha value is -1.41. The van der Waals surface area contributed by atoms with Gasteiger partial charge >= 0.3 is 0 Å². The van der Waals surface area contributed by atoms with E-state index in [1.807, 2.05) is 12.3 Å². The van der Waals surface area contributed by atoms with E-state index in [1.54, 1.807) is 0 Å². The van der Waals surface area contributed by atoms with Gasteiger partial charge in [-0.3, -0.25) is 4.98 Å². The minimum Gasteiger partial charge on any atom is -0.327 e. The third-order valence-corrected chi connectivity index (χ3v) is 5.19. The third-order valence-electron chi connectivity index (χ3n) is 5.19. The first-order chi connectivity index (χ1) is 9.95. The fraction of sp³-hybridized carbons (Fsp3) is 0.526. The first-order valence-electron chi connectivity index (χ1n) is 8.05. The van der Waals surface area contributed by atoms with Crippen LogP contribution in [0.2, 0.25) is 0 Å². The molecule has 0 bridgehead atoms. The zero-order valence-electron chi connectivity index (χ0n) is 13.3. The van der Waals surface area contributed by atoms with Crippen LogP contribution in [-0.2, 0) is 0 Å². The number of benzene rings is 1. The third kappa shape index (κ3) is 2.96. The van der Waals surface area contributed by atoms with E-state index >= 15 is 0 Å². The van der Waals surface area contributed by atoms with Crippen molar-refractivity contribution >= 4 is 10.9 Å². The lowest BCUT2D eigenvalue weighted by Gasteiger charge is -2.41. The van der Waals surface area contributed by atoms with Gasteiger partial charge in [0.05, 0.1) is 5.52 Å². The van der Waals surface area contributed by atoms with Crippen molar-refractivity contribution in [2.45, 2.75) is 52.0 Å². The van der Waals surface area contributed by atoms with Crippen LogP contribution in [0.5, 0.6) is 0 Å². The fourth-order valence-electron chi connectivity index (χ4n) is 3.68. The smallest absolute Gasteiger partial charge is 0.0704 e. The first kappa shape index (κ1) is 14.5. The van der Waals surface area contributed by atoms with E-state index in [1.165, 1.54) is 23.8 Å². The van der Waals surface area contributed by atoms with E-state index < -0.39 is 0 Å². The molecule has 21 heavy (non-hydrogen) atoms. The molecule has 1 heterocycles. The molecule has 0 spiro atoms. The van der Waals surface area contributed by atoms with Crippen molar-refractivity contribution in [3.63, 3.8) is 0 Å². The number of nitrogens with two attached hydrogens (primary N) is 1. The average Bonchev–Trinajstić information content (AvgIpc) is 2.46. The van der Waals surface area contributed by atoms with Gasteiger partial charge in [-0.15, -0.1) is 0 Å². The van der Waals surface area contributed by atoms with Crippen LogP contribution >= 0.6 is 0 Å². The summed E-state index contributed by atoms with van der Waals surface area (Å²) in [4.78, 5) is 4.49.